The molecule has 0 N–H and O–H groups in total. The Morgan fingerprint density at radius 3 is 2.47 bits per heavy atom. The topological polar surface area (TPSA) is 68.1 Å². The van der Waals surface area contributed by atoms with Crippen LogP contribution in [-0.4, -0.2) is 38.4 Å². The van der Waals surface area contributed by atoms with E-state index in [1.165, 1.54) is 17.4 Å². The van der Waals surface area contributed by atoms with Gasteiger partial charge < -0.3 is 4.90 Å². The first kappa shape index (κ1) is 30.7. The molecule has 1 saturated heterocycles. The Labute approximate surface area is 256 Å². The Hall–Kier alpha value is -3.76. The van der Waals surface area contributed by atoms with Crippen molar-refractivity contribution in [1.29, 1.82) is 0 Å². The summed E-state index contributed by atoms with van der Waals surface area (Å²) in [5.41, 5.74) is 2.77. The van der Waals surface area contributed by atoms with E-state index in [4.69, 9.17) is 11.6 Å². The van der Waals surface area contributed by atoms with Crippen molar-refractivity contribution in [3.05, 3.63) is 91.4 Å². The minimum absolute atomic E-state index is 0.175. The van der Waals surface area contributed by atoms with E-state index < -0.39 is 11.9 Å². The van der Waals surface area contributed by atoms with E-state index in [0.717, 1.165) is 42.7 Å². The molecule has 0 unspecified atom stereocenters. The fraction of sp³-hybridized carbons (Fsp3) is 0.312. The summed E-state index contributed by atoms with van der Waals surface area (Å²) in [5, 5.41) is 2.45. The van der Waals surface area contributed by atoms with Crippen molar-refractivity contribution in [2.75, 3.05) is 13.1 Å². The number of piperidine rings is 1. The third-order valence-electron chi connectivity index (χ3n) is 7.29. The number of pyridine rings is 2. The summed E-state index contributed by atoms with van der Waals surface area (Å²) in [4.78, 5) is 38.5. The van der Waals surface area contributed by atoms with E-state index in [9.17, 15) is 22.8 Å². The number of alkyl halides is 3. The number of aryl methyl sites for hydroxylation is 1. The van der Waals surface area contributed by atoms with Crippen molar-refractivity contribution >= 4 is 34.9 Å². The van der Waals surface area contributed by atoms with E-state index in [-0.39, 0.29) is 17.0 Å². The summed E-state index contributed by atoms with van der Waals surface area (Å²) >= 11 is 7.61. The molecule has 11 heteroatoms. The van der Waals surface area contributed by atoms with Crippen LogP contribution in [0.1, 0.15) is 67.3 Å². The molecule has 6 nitrogen and oxygen atoms in total. The molecule has 0 radical (unpaired) electrons. The van der Waals surface area contributed by atoms with E-state index in [1.807, 2.05) is 37.8 Å². The minimum atomic E-state index is -4.56. The zero-order valence-corrected chi connectivity index (χ0v) is 25.5. The first-order valence-electron chi connectivity index (χ1n) is 14.0. The number of amides is 1. The van der Waals surface area contributed by atoms with Crippen LogP contribution in [0.4, 0.5) is 13.2 Å². The highest BCUT2D eigenvalue weighted by Gasteiger charge is 2.32. The van der Waals surface area contributed by atoms with Gasteiger partial charge in [0, 0.05) is 35.3 Å². The van der Waals surface area contributed by atoms with Crippen LogP contribution in [-0.2, 0) is 12.6 Å². The second-order valence-corrected chi connectivity index (χ2v) is 12.0. The molecule has 1 aromatic carbocycles. The average Bonchev–Trinajstić information content (AvgIpc) is 3.47. The summed E-state index contributed by atoms with van der Waals surface area (Å²) in [5.74, 6) is -0.175. The molecule has 4 heterocycles. The molecule has 1 aliphatic rings. The lowest BCUT2D eigenvalue weighted by molar-refractivity contribution is -0.141. The Morgan fingerprint density at radius 2 is 1.84 bits per heavy atom. The number of carbonyl (C=O) groups excluding carboxylic acids is 1. The van der Waals surface area contributed by atoms with Gasteiger partial charge in [-0.25, -0.2) is 4.98 Å². The Balaban J connectivity index is 1.74. The highest BCUT2D eigenvalue weighted by molar-refractivity contribution is 7.13. The largest absolute Gasteiger partial charge is 0.433 e. The Bertz CT molecular complexity index is 1750. The zero-order chi connectivity index (χ0) is 30.9. The molecule has 4 aromatic rings. The summed E-state index contributed by atoms with van der Waals surface area (Å²) in [6.45, 7) is 7.04. The van der Waals surface area contributed by atoms with Crippen LogP contribution < -0.4 is 5.56 Å². The summed E-state index contributed by atoms with van der Waals surface area (Å²) in [6.07, 6.45) is 1.88. The third-order valence-corrected chi connectivity index (χ3v) is 8.40. The molecule has 0 saturated carbocycles. The molecular weight excluding hydrogens is 597 g/mol. The number of benzene rings is 1. The van der Waals surface area contributed by atoms with Gasteiger partial charge in [0.2, 0.25) is 0 Å². The summed E-state index contributed by atoms with van der Waals surface area (Å²) in [7, 11) is 0. The van der Waals surface area contributed by atoms with Gasteiger partial charge >= 0.3 is 6.18 Å². The maximum Gasteiger partial charge on any atom is 0.433 e. The van der Waals surface area contributed by atoms with Crippen molar-refractivity contribution in [3.8, 4) is 27.5 Å². The lowest BCUT2D eigenvalue weighted by atomic mass is 10.0. The quantitative estimate of drug-likeness (QED) is 0.216. The van der Waals surface area contributed by atoms with Gasteiger partial charge in [-0.05, 0) is 81.5 Å². The molecule has 0 atom stereocenters. The first-order chi connectivity index (χ1) is 20.5. The van der Waals surface area contributed by atoms with E-state index in [2.05, 4.69) is 9.97 Å². The van der Waals surface area contributed by atoms with Crippen LogP contribution in [0.2, 0.25) is 5.02 Å². The molecule has 5 rings (SSSR count). The Kier molecular flexibility index (Phi) is 8.89. The highest BCUT2D eigenvalue weighted by Crippen LogP contribution is 2.33. The van der Waals surface area contributed by atoms with E-state index in [1.54, 1.807) is 28.1 Å². The monoisotopic (exact) mass is 626 g/mol. The molecule has 0 aliphatic carbocycles. The number of hydrogen-bond acceptors (Lipinski definition) is 5. The predicted molar refractivity (Wildman–Crippen MR) is 165 cm³/mol. The molecular formula is C32H30ClF3N4O2S. The van der Waals surface area contributed by atoms with Crippen molar-refractivity contribution in [3.63, 3.8) is 0 Å². The fourth-order valence-electron chi connectivity index (χ4n) is 5.16. The third kappa shape index (κ3) is 6.45. The Morgan fingerprint density at radius 1 is 1.09 bits per heavy atom. The zero-order valence-electron chi connectivity index (χ0n) is 24.0. The maximum atomic E-state index is 14.4. The van der Waals surface area contributed by atoms with Crippen molar-refractivity contribution in [2.24, 2.45) is 0 Å². The molecule has 1 aliphatic heterocycles. The molecule has 0 bridgehead atoms. The number of nitrogens with zero attached hydrogens (tertiary/aromatic N) is 4. The smallest absolute Gasteiger partial charge is 0.339 e. The van der Waals surface area contributed by atoms with Gasteiger partial charge in [0.05, 0.1) is 28.2 Å². The lowest BCUT2D eigenvalue weighted by Crippen LogP contribution is -2.37. The molecule has 3 aromatic heterocycles. The number of allylic oxidation sites excluding steroid dienone is 1. The first-order valence-corrected chi connectivity index (χ1v) is 15.3. The van der Waals surface area contributed by atoms with Crippen LogP contribution in [0, 0.1) is 0 Å². The van der Waals surface area contributed by atoms with Gasteiger partial charge in [0.25, 0.3) is 11.5 Å². The number of likely N-dealkylation sites (tertiary alicyclic amines) is 1. The van der Waals surface area contributed by atoms with Crippen molar-refractivity contribution < 1.29 is 18.0 Å². The number of aromatic nitrogens is 3. The van der Waals surface area contributed by atoms with Crippen LogP contribution in [0.25, 0.3) is 33.6 Å². The average molecular weight is 627 g/mol. The second kappa shape index (κ2) is 12.5. The summed E-state index contributed by atoms with van der Waals surface area (Å²) < 4.78 is 40.7. The van der Waals surface area contributed by atoms with Gasteiger partial charge in [-0.3, -0.25) is 19.1 Å². The van der Waals surface area contributed by atoms with Gasteiger partial charge in [-0.2, -0.15) is 13.2 Å². The van der Waals surface area contributed by atoms with Gasteiger partial charge in [-0.15, -0.1) is 11.3 Å². The number of carbonyl (C=O) groups is 1. The number of hydrogen-bond donors (Lipinski definition) is 0. The number of thiazole rings is 1. The molecule has 0 spiro atoms. The van der Waals surface area contributed by atoms with Gasteiger partial charge in [0.15, 0.2) is 0 Å². The number of halogens is 4. The number of rotatable bonds is 6. The highest BCUT2D eigenvalue weighted by atomic mass is 35.5. The van der Waals surface area contributed by atoms with Crippen LogP contribution >= 0.6 is 22.9 Å². The standard InChI is InChI=1S/C32H30ClF3N4O2S/c1-4-20-8-10-22(33)15-26(20)40-27(14-19(2)3)23(30(41)39-12-6-5-7-13-39)16-24(31(40)42)29-38-25(18-43-29)21-9-11-28(37-17-21)32(34,35)36/h8-11,14-18H,4-7,12-13H2,1-3H3. The van der Waals surface area contributed by atoms with Crippen molar-refractivity contribution in [2.45, 2.75) is 52.6 Å². The molecule has 224 valence electrons. The predicted octanol–water partition coefficient (Wildman–Crippen LogP) is 8.31. The molecule has 43 heavy (non-hydrogen) atoms. The fourth-order valence-corrected chi connectivity index (χ4v) is 6.17. The van der Waals surface area contributed by atoms with E-state index >= 15 is 0 Å². The normalized spacial score (nSPS) is 13.7. The molecule has 1 amide bonds. The SMILES string of the molecule is CCc1ccc(Cl)cc1-n1c(C=C(C)C)c(C(=O)N2CCCCC2)cc(-c2nc(-c3ccc(C(F)(F)F)nc3)cs2)c1=O. The van der Waals surface area contributed by atoms with Crippen LogP contribution in [0.5, 0.6) is 0 Å². The van der Waals surface area contributed by atoms with Gasteiger partial charge in [-0.1, -0.05) is 30.2 Å². The van der Waals surface area contributed by atoms with Gasteiger partial charge in [0.1, 0.15) is 10.7 Å². The lowest BCUT2D eigenvalue weighted by Gasteiger charge is -2.28. The molecule has 1 fully saturated rings. The van der Waals surface area contributed by atoms with Crippen molar-refractivity contribution in [1.82, 2.24) is 19.4 Å². The minimum Gasteiger partial charge on any atom is -0.339 e. The van der Waals surface area contributed by atoms with Crippen LogP contribution in [0.15, 0.2) is 58.3 Å². The summed E-state index contributed by atoms with van der Waals surface area (Å²) in [6, 6.07) is 9.17. The van der Waals surface area contributed by atoms with E-state index in [0.29, 0.717) is 57.7 Å². The second-order valence-electron chi connectivity index (χ2n) is 10.7. The maximum absolute atomic E-state index is 14.4. The van der Waals surface area contributed by atoms with Crippen LogP contribution in [0.3, 0.4) is 0 Å².